The number of esters is 1. The topological polar surface area (TPSA) is 87.0 Å². The van der Waals surface area contributed by atoms with Crippen LogP contribution in [-0.4, -0.2) is 39.8 Å². The second kappa shape index (κ2) is 5.30. The Labute approximate surface area is 149 Å². The van der Waals surface area contributed by atoms with E-state index in [1.165, 1.54) is 6.08 Å². The van der Waals surface area contributed by atoms with Gasteiger partial charge in [0.15, 0.2) is 0 Å². The van der Waals surface area contributed by atoms with Gasteiger partial charge >= 0.3 is 5.97 Å². The van der Waals surface area contributed by atoms with Crippen LogP contribution < -0.4 is 0 Å². The molecule has 3 saturated carbocycles. The van der Waals surface area contributed by atoms with Crippen LogP contribution in [0.15, 0.2) is 11.6 Å². The Morgan fingerprint density at radius 1 is 1.32 bits per heavy atom. The highest BCUT2D eigenvalue weighted by atomic mass is 16.7. The first-order valence-electron chi connectivity index (χ1n) is 9.61. The van der Waals surface area contributed by atoms with E-state index in [2.05, 4.69) is 13.8 Å². The van der Waals surface area contributed by atoms with E-state index in [0.29, 0.717) is 18.4 Å². The molecule has 0 radical (unpaired) electrons. The first-order chi connectivity index (χ1) is 11.6. The summed E-state index contributed by atoms with van der Waals surface area (Å²) in [5, 5.41) is 32.1. The van der Waals surface area contributed by atoms with Crippen LogP contribution in [0.4, 0.5) is 0 Å². The van der Waals surface area contributed by atoms with Gasteiger partial charge in [-0.05, 0) is 53.8 Å². The van der Waals surface area contributed by atoms with Crippen LogP contribution in [0.25, 0.3) is 0 Å². The summed E-state index contributed by atoms with van der Waals surface area (Å²) in [6.45, 7) is 6.51. The predicted molar refractivity (Wildman–Crippen MR) is 91.2 cm³/mol. The van der Waals surface area contributed by atoms with Crippen LogP contribution in [0.1, 0.15) is 52.9 Å². The van der Waals surface area contributed by atoms with E-state index >= 15 is 0 Å². The van der Waals surface area contributed by atoms with Crippen molar-refractivity contribution in [3.63, 3.8) is 0 Å². The molecule has 3 N–H and O–H groups in total. The lowest BCUT2D eigenvalue weighted by atomic mass is 9.42. The van der Waals surface area contributed by atoms with Gasteiger partial charge in [0.25, 0.3) is 0 Å². The van der Waals surface area contributed by atoms with Crippen molar-refractivity contribution < 1.29 is 24.9 Å². The molecule has 3 aliphatic carbocycles. The second-order valence-electron chi connectivity index (χ2n) is 9.51. The molecule has 0 saturated heterocycles. The number of rotatable bonds is 1. The third-order valence-electron chi connectivity index (χ3n) is 8.25. The van der Waals surface area contributed by atoms with Crippen molar-refractivity contribution in [2.24, 2.45) is 34.5 Å². The Morgan fingerprint density at radius 2 is 2.04 bits per heavy atom. The van der Waals surface area contributed by atoms with Gasteiger partial charge < -0.3 is 20.1 Å². The molecular formula is C20H30O5. The van der Waals surface area contributed by atoms with E-state index in [9.17, 15) is 20.1 Å². The van der Waals surface area contributed by atoms with Gasteiger partial charge in [-0.2, -0.15) is 0 Å². The fourth-order valence-corrected chi connectivity index (χ4v) is 7.01. The van der Waals surface area contributed by atoms with Crippen molar-refractivity contribution in [2.75, 3.05) is 6.61 Å². The molecule has 5 nitrogen and oxygen atoms in total. The maximum absolute atomic E-state index is 11.8. The summed E-state index contributed by atoms with van der Waals surface area (Å²) in [6.07, 6.45) is 5.00. The highest BCUT2D eigenvalue weighted by Crippen LogP contribution is 2.66. The van der Waals surface area contributed by atoms with Gasteiger partial charge in [0.1, 0.15) is 0 Å². The van der Waals surface area contributed by atoms with Crippen molar-refractivity contribution in [3.8, 4) is 0 Å². The molecule has 3 fully saturated rings. The lowest BCUT2D eigenvalue weighted by Crippen LogP contribution is -2.62. The molecular weight excluding hydrogens is 320 g/mol. The summed E-state index contributed by atoms with van der Waals surface area (Å²) in [5.74, 6) is -1.81. The molecule has 0 bridgehead atoms. The van der Waals surface area contributed by atoms with Crippen molar-refractivity contribution >= 4 is 5.97 Å². The van der Waals surface area contributed by atoms with Gasteiger partial charge in [-0.3, -0.25) is 0 Å². The lowest BCUT2D eigenvalue weighted by Gasteiger charge is -2.64. The molecule has 0 spiro atoms. The number of hydrogen-bond acceptors (Lipinski definition) is 5. The number of fused-ring (bicyclic) bond motifs is 4. The summed E-state index contributed by atoms with van der Waals surface area (Å²) >= 11 is 0. The van der Waals surface area contributed by atoms with Crippen LogP contribution in [0.2, 0.25) is 0 Å². The minimum atomic E-state index is -1.52. The molecule has 1 aliphatic heterocycles. The zero-order valence-electron chi connectivity index (χ0n) is 15.4. The predicted octanol–water partition coefficient (Wildman–Crippen LogP) is 2.00. The SMILES string of the molecule is C[C@H]1C2=CC(=O)O[C@]2(O)C[C@@H]2[C@@H]1[C@@H](O)C[C@@H]1[C@@](C)(CO)CCC[C@@]21C. The molecule has 0 unspecified atom stereocenters. The number of aliphatic hydroxyl groups is 3. The fraction of sp³-hybridized carbons (Fsp3) is 0.850. The molecule has 4 aliphatic rings. The van der Waals surface area contributed by atoms with Gasteiger partial charge in [0.05, 0.1) is 6.10 Å². The average Bonchev–Trinajstić information content (AvgIpc) is 2.85. The third-order valence-corrected chi connectivity index (χ3v) is 8.25. The molecule has 4 rings (SSSR count). The summed E-state index contributed by atoms with van der Waals surface area (Å²) < 4.78 is 5.30. The Morgan fingerprint density at radius 3 is 2.72 bits per heavy atom. The maximum Gasteiger partial charge on any atom is 0.333 e. The smallest absolute Gasteiger partial charge is 0.333 e. The molecule has 0 aromatic carbocycles. The quantitative estimate of drug-likeness (QED) is 0.630. The Hall–Kier alpha value is -0.910. The second-order valence-corrected chi connectivity index (χ2v) is 9.51. The minimum Gasteiger partial charge on any atom is -0.426 e. The molecule has 0 amide bonds. The van der Waals surface area contributed by atoms with Crippen molar-refractivity contribution in [3.05, 3.63) is 11.6 Å². The van der Waals surface area contributed by atoms with E-state index in [-0.39, 0.29) is 41.1 Å². The number of aliphatic hydroxyl groups excluding tert-OH is 2. The van der Waals surface area contributed by atoms with E-state index in [0.717, 1.165) is 19.3 Å². The van der Waals surface area contributed by atoms with Gasteiger partial charge in [-0.25, -0.2) is 4.79 Å². The molecule has 1 heterocycles. The van der Waals surface area contributed by atoms with E-state index < -0.39 is 17.9 Å². The summed E-state index contributed by atoms with van der Waals surface area (Å²) in [5.41, 5.74) is 0.345. The fourth-order valence-electron chi connectivity index (χ4n) is 7.01. The van der Waals surface area contributed by atoms with E-state index in [1.807, 2.05) is 6.92 Å². The zero-order chi connectivity index (χ0) is 18.2. The first kappa shape index (κ1) is 17.5. The number of carbonyl (C=O) groups is 1. The average molecular weight is 350 g/mol. The van der Waals surface area contributed by atoms with Crippen molar-refractivity contribution in [1.82, 2.24) is 0 Å². The van der Waals surface area contributed by atoms with Crippen LogP contribution in [0.5, 0.6) is 0 Å². The monoisotopic (exact) mass is 350 g/mol. The van der Waals surface area contributed by atoms with Gasteiger partial charge in [-0.1, -0.05) is 27.2 Å². The molecule has 8 atom stereocenters. The molecule has 0 aromatic heterocycles. The molecule has 140 valence electrons. The Balaban J connectivity index is 1.78. The Kier molecular flexibility index (Phi) is 3.71. The summed E-state index contributed by atoms with van der Waals surface area (Å²) in [6, 6.07) is 0. The number of ether oxygens (including phenoxy) is 1. The lowest BCUT2D eigenvalue weighted by molar-refractivity contribution is -0.237. The largest absolute Gasteiger partial charge is 0.426 e. The van der Waals surface area contributed by atoms with Crippen LogP contribution in [0, 0.1) is 34.5 Å². The summed E-state index contributed by atoms with van der Waals surface area (Å²) in [4.78, 5) is 11.8. The highest BCUT2D eigenvalue weighted by Gasteiger charge is 2.65. The van der Waals surface area contributed by atoms with E-state index in [4.69, 9.17) is 4.74 Å². The maximum atomic E-state index is 11.8. The minimum absolute atomic E-state index is 0.0170. The van der Waals surface area contributed by atoms with Crippen LogP contribution in [-0.2, 0) is 9.53 Å². The number of hydrogen-bond donors (Lipinski definition) is 3. The van der Waals surface area contributed by atoms with Crippen molar-refractivity contribution in [2.45, 2.75) is 64.8 Å². The van der Waals surface area contributed by atoms with Gasteiger partial charge in [-0.15, -0.1) is 0 Å². The standard InChI is InChI=1S/C20H30O5/c1-11-12-7-16(23)25-20(12,24)9-13-17(11)14(22)8-15-18(2,10-21)5-4-6-19(13,15)3/h7,11,13-15,17,21-22,24H,4-6,8-10H2,1-3H3/t11-,13+,14-,15+,17+,18+,19-,20+/m0/s1. The molecule has 5 heteroatoms. The molecule has 25 heavy (non-hydrogen) atoms. The van der Waals surface area contributed by atoms with Crippen LogP contribution >= 0.6 is 0 Å². The van der Waals surface area contributed by atoms with Gasteiger partial charge in [0, 0.05) is 24.7 Å². The van der Waals surface area contributed by atoms with Gasteiger partial charge in [0.2, 0.25) is 5.79 Å². The zero-order valence-corrected chi connectivity index (χ0v) is 15.4. The van der Waals surface area contributed by atoms with E-state index in [1.54, 1.807) is 0 Å². The Bertz CT molecular complexity index is 630. The third kappa shape index (κ3) is 2.22. The van der Waals surface area contributed by atoms with Crippen LogP contribution in [0.3, 0.4) is 0 Å². The summed E-state index contributed by atoms with van der Waals surface area (Å²) in [7, 11) is 0. The normalized spacial score (nSPS) is 54.9. The van der Waals surface area contributed by atoms with Crippen molar-refractivity contribution in [1.29, 1.82) is 0 Å². The number of carbonyl (C=O) groups excluding carboxylic acids is 1. The highest BCUT2D eigenvalue weighted by molar-refractivity contribution is 5.86. The molecule has 0 aromatic rings. The first-order valence-corrected chi connectivity index (χ1v) is 9.61.